The van der Waals surface area contributed by atoms with Crippen LogP contribution in [0.1, 0.15) is 16.7 Å². The molecule has 0 bridgehead atoms. The SMILES string of the molecule is Cc1cc(-c2ccccc2OC(F)(F)F)cc(C)c1CN. The topological polar surface area (TPSA) is 35.2 Å². The molecule has 0 saturated heterocycles. The minimum atomic E-state index is -4.71. The molecule has 5 heteroatoms. The minimum Gasteiger partial charge on any atom is -0.405 e. The van der Waals surface area contributed by atoms with Crippen LogP contribution in [0, 0.1) is 13.8 Å². The maximum atomic E-state index is 12.5. The highest BCUT2D eigenvalue weighted by Crippen LogP contribution is 2.35. The van der Waals surface area contributed by atoms with E-state index in [1.165, 1.54) is 12.1 Å². The molecule has 0 saturated carbocycles. The van der Waals surface area contributed by atoms with Gasteiger partial charge in [0.1, 0.15) is 5.75 Å². The van der Waals surface area contributed by atoms with Gasteiger partial charge in [0, 0.05) is 12.1 Å². The van der Waals surface area contributed by atoms with Crippen LogP contribution < -0.4 is 10.5 Å². The summed E-state index contributed by atoms with van der Waals surface area (Å²) >= 11 is 0. The third-order valence-electron chi connectivity index (χ3n) is 3.32. The quantitative estimate of drug-likeness (QED) is 0.914. The first-order valence-electron chi connectivity index (χ1n) is 6.47. The van der Waals surface area contributed by atoms with E-state index in [-0.39, 0.29) is 5.75 Å². The number of halogens is 3. The van der Waals surface area contributed by atoms with Crippen LogP contribution >= 0.6 is 0 Å². The second-order valence-electron chi connectivity index (χ2n) is 4.84. The standard InChI is InChI=1S/C16H16F3NO/c1-10-7-12(8-11(2)14(10)9-20)13-5-3-4-6-15(13)21-16(17,18)19/h3-8H,9,20H2,1-2H3. The fourth-order valence-electron chi connectivity index (χ4n) is 2.39. The van der Waals surface area contributed by atoms with Gasteiger partial charge in [0.15, 0.2) is 0 Å². The van der Waals surface area contributed by atoms with Gasteiger partial charge in [-0.15, -0.1) is 13.2 Å². The molecule has 0 aliphatic carbocycles. The molecule has 112 valence electrons. The van der Waals surface area contributed by atoms with E-state index >= 15 is 0 Å². The van der Waals surface area contributed by atoms with Gasteiger partial charge in [0.05, 0.1) is 0 Å². The van der Waals surface area contributed by atoms with E-state index in [2.05, 4.69) is 4.74 Å². The first kappa shape index (κ1) is 15.4. The average Bonchev–Trinajstić information content (AvgIpc) is 2.37. The highest BCUT2D eigenvalue weighted by molar-refractivity contribution is 5.72. The number of alkyl halides is 3. The maximum Gasteiger partial charge on any atom is 0.573 e. The molecule has 0 heterocycles. The Kier molecular flexibility index (Phi) is 4.23. The Balaban J connectivity index is 2.52. The van der Waals surface area contributed by atoms with Crippen LogP contribution in [0.25, 0.3) is 11.1 Å². The van der Waals surface area contributed by atoms with Crippen molar-refractivity contribution in [3.05, 3.63) is 53.1 Å². The average molecular weight is 295 g/mol. The summed E-state index contributed by atoms with van der Waals surface area (Å²) in [6, 6.07) is 9.77. The maximum absolute atomic E-state index is 12.5. The number of nitrogens with two attached hydrogens (primary N) is 1. The summed E-state index contributed by atoms with van der Waals surface area (Å²) in [6.07, 6.45) is -4.71. The van der Waals surface area contributed by atoms with Gasteiger partial charge in [-0.3, -0.25) is 0 Å². The molecule has 2 nitrogen and oxygen atoms in total. The van der Waals surface area contributed by atoms with Gasteiger partial charge >= 0.3 is 6.36 Å². The van der Waals surface area contributed by atoms with Crippen LogP contribution in [-0.4, -0.2) is 6.36 Å². The lowest BCUT2D eigenvalue weighted by Crippen LogP contribution is -2.17. The number of aryl methyl sites for hydroxylation is 2. The lowest BCUT2D eigenvalue weighted by molar-refractivity contribution is -0.274. The Morgan fingerprint density at radius 3 is 2.14 bits per heavy atom. The van der Waals surface area contributed by atoms with Crippen molar-refractivity contribution in [2.24, 2.45) is 5.73 Å². The lowest BCUT2D eigenvalue weighted by atomic mass is 9.95. The molecule has 2 aromatic carbocycles. The molecular formula is C16H16F3NO. The van der Waals surface area contributed by atoms with E-state index in [1.807, 2.05) is 26.0 Å². The molecule has 0 atom stereocenters. The molecule has 0 aromatic heterocycles. The van der Waals surface area contributed by atoms with Crippen molar-refractivity contribution >= 4 is 0 Å². The fourth-order valence-corrected chi connectivity index (χ4v) is 2.39. The van der Waals surface area contributed by atoms with Crippen molar-refractivity contribution in [2.75, 3.05) is 0 Å². The van der Waals surface area contributed by atoms with E-state index < -0.39 is 6.36 Å². The summed E-state index contributed by atoms with van der Waals surface area (Å²) in [5.74, 6) is -0.204. The number of para-hydroxylation sites is 1. The summed E-state index contributed by atoms with van der Waals surface area (Å²) in [5, 5.41) is 0. The molecule has 2 aromatic rings. The van der Waals surface area contributed by atoms with Crippen LogP contribution in [0.3, 0.4) is 0 Å². The zero-order valence-electron chi connectivity index (χ0n) is 11.8. The summed E-state index contributed by atoms with van der Waals surface area (Å²) in [4.78, 5) is 0. The molecular weight excluding hydrogens is 279 g/mol. The van der Waals surface area contributed by atoms with Crippen molar-refractivity contribution in [1.82, 2.24) is 0 Å². The summed E-state index contributed by atoms with van der Waals surface area (Å²) in [5.41, 5.74) is 9.68. The van der Waals surface area contributed by atoms with Gasteiger partial charge in [-0.25, -0.2) is 0 Å². The van der Waals surface area contributed by atoms with Gasteiger partial charge < -0.3 is 10.5 Å². The predicted molar refractivity (Wildman–Crippen MR) is 75.9 cm³/mol. The van der Waals surface area contributed by atoms with Crippen LogP contribution in [0.4, 0.5) is 13.2 Å². The molecule has 0 aliphatic heterocycles. The van der Waals surface area contributed by atoms with Crippen molar-refractivity contribution in [1.29, 1.82) is 0 Å². The molecule has 0 amide bonds. The smallest absolute Gasteiger partial charge is 0.405 e. The Labute approximate surface area is 121 Å². The van der Waals surface area contributed by atoms with Crippen LogP contribution in [-0.2, 0) is 6.54 Å². The van der Waals surface area contributed by atoms with E-state index in [0.29, 0.717) is 17.7 Å². The molecule has 0 fully saturated rings. The second-order valence-corrected chi connectivity index (χ2v) is 4.84. The summed E-state index contributed by atoms with van der Waals surface area (Å²) in [7, 11) is 0. The van der Waals surface area contributed by atoms with E-state index in [0.717, 1.165) is 16.7 Å². The Hall–Kier alpha value is -2.01. The third-order valence-corrected chi connectivity index (χ3v) is 3.32. The Morgan fingerprint density at radius 2 is 1.62 bits per heavy atom. The first-order valence-corrected chi connectivity index (χ1v) is 6.47. The monoisotopic (exact) mass is 295 g/mol. The van der Waals surface area contributed by atoms with Gasteiger partial charge in [-0.1, -0.05) is 30.3 Å². The number of rotatable bonds is 3. The zero-order valence-corrected chi connectivity index (χ0v) is 11.8. The predicted octanol–water partition coefficient (Wildman–Crippen LogP) is 4.33. The van der Waals surface area contributed by atoms with Crippen molar-refractivity contribution in [3.8, 4) is 16.9 Å². The molecule has 0 unspecified atom stereocenters. The van der Waals surface area contributed by atoms with E-state index in [4.69, 9.17) is 5.73 Å². The molecule has 0 spiro atoms. The van der Waals surface area contributed by atoms with Crippen molar-refractivity contribution in [3.63, 3.8) is 0 Å². The van der Waals surface area contributed by atoms with Gasteiger partial charge in [-0.05, 0) is 42.2 Å². The van der Waals surface area contributed by atoms with Gasteiger partial charge in [0.2, 0.25) is 0 Å². The first-order chi connectivity index (χ1) is 9.81. The van der Waals surface area contributed by atoms with Crippen LogP contribution in [0.15, 0.2) is 36.4 Å². The highest BCUT2D eigenvalue weighted by Gasteiger charge is 2.32. The molecule has 2 N–H and O–H groups in total. The lowest BCUT2D eigenvalue weighted by Gasteiger charge is -2.15. The number of hydrogen-bond donors (Lipinski definition) is 1. The Morgan fingerprint density at radius 1 is 1.05 bits per heavy atom. The summed E-state index contributed by atoms with van der Waals surface area (Å²) < 4.78 is 41.5. The zero-order chi connectivity index (χ0) is 15.6. The molecule has 2 rings (SSSR count). The van der Waals surface area contributed by atoms with Crippen LogP contribution in [0.5, 0.6) is 5.75 Å². The fraction of sp³-hybridized carbons (Fsp3) is 0.250. The second kappa shape index (κ2) is 5.77. The molecule has 0 aliphatic rings. The molecule has 0 radical (unpaired) electrons. The number of ether oxygens (including phenoxy) is 1. The number of hydrogen-bond acceptors (Lipinski definition) is 2. The Bertz CT molecular complexity index is 627. The largest absolute Gasteiger partial charge is 0.573 e. The minimum absolute atomic E-state index is 0.204. The third kappa shape index (κ3) is 3.55. The van der Waals surface area contributed by atoms with Crippen LogP contribution in [0.2, 0.25) is 0 Å². The normalized spacial score (nSPS) is 11.5. The van der Waals surface area contributed by atoms with E-state index in [1.54, 1.807) is 12.1 Å². The van der Waals surface area contributed by atoms with Crippen molar-refractivity contribution in [2.45, 2.75) is 26.8 Å². The van der Waals surface area contributed by atoms with Gasteiger partial charge in [0.25, 0.3) is 0 Å². The molecule has 21 heavy (non-hydrogen) atoms. The summed E-state index contributed by atoms with van der Waals surface area (Å²) in [6.45, 7) is 4.19. The van der Waals surface area contributed by atoms with E-state index in [9.17, 15) is 13.2 Å². The van der Waals surface area contributed by atoms with Gasteiger partial charge in [-0.2, -0.15) is 0 Å². The van der Waals surface area contributed by atoms with Crippen molar-refractivity contribution < 1.29 is 17.9 Å². The number of benzene rings is 2. The highest BCUT2D eigenvalue weighted by atomic mass is 19.4.